The maximum Gasteiger partial charge on any atom is 0.344 e. The first-order chi connectivity index (χ1) is 53.3. The largest absolute Gasteiger partial charge is 0.496 e. The highest BCUT2D eigenvalue weighted by Gasteiger charge is 2.81. The van der Waals surface area contributed by atoms with E-state index in [9.17, 15) is 69.0 Å². The third-order valence-electron chi connectivity index (χ3n) is 25.3. The smallest absolute Gasteiger partial charge is 0.344 e. The van der Waals surface area contributed by atoms with Gasteiger partial charge in [-0.05, 0) is 112 Å². The van der Waals surface area contributed by atoms with Crippen LogP contribution in [0.4, 0.5) is 5.69 Å². The first-order valence-corrected chi connectivity index (χ1v) is 39.2. The molecule has 6 aliphatic heterocycles. The number of fused-ring (bicyclic) bond motifs is 6. The average molecular weight is 1570 g/mol. The van der Waals surface area contributed by atoms with E-state index in [4.69, 9.17) is 24.7 Å². The molecule has 614 valence electrons. The second-order valence-corrected chi connectivity index (χ2v) is 32.5. The predicted molar refractivity (Wildman–Crippen MR) is 404 cm³/mol. The molecule has 0 radical (unpaired) electrons. The molecule has 2 aromatic carbocycles. The molecule has 112 heavy (non-hydrogen) atoms. The molecule has 15 N–H and O–H groups in total. The fourth-order valence-electron chi connectivity index (χ4n) is 20.2. The number of benzene rings is 2. The second kappa shape index (κ2) is 34.1. The molecule has 2 saturated carbocycles. The van der Waals surface area contributed by atoms with E-state index in [1.54, 1.807) is 25.8 Å². The van der Waals surface area contributed by atoms with E-state index in [0.717, 1.165) is 34.9 Å². The van der Waals surface area contributed by atoms with Gasteiger partial charge in [0, 0.05) is 110 Å². The molecule has 1 aromatic heterocycles. The van der Waals surface area contributed by atoms with E-state index in [1.165, 1.54) is 21.1 Å². The van der Waals surface area contributed by atoms with E-state index in [-0.39, 0.29) is 44.1 Å². The molecule has 2 bridgehead atoms. The zero-order valence-corrected chi connectivity index (χ0v) is 65.3. The maximum atomic E-state index is 15.8. The topological polar surface area (TPSA) is 473 Å². The molecular formula is C79H112N12O21. The van der Waals surface area contributed by atoms with Crippen LogP contribution in [0.1, 0.15) is 147 Å². The summed E-state index contributed by atoms with van der Waals surface area (Å²) in [7, 11) is 5.73. The van der Waals surface area contributed by atoms with Gasteiger partial charge >= 0.3 is 17.9 Å². The van der Waals surface area contributed by atoms with E-state index in [2.05, 4.69) is 46.7 Å². The number of aromatic amines is 1. The second-order valence-electron chi connectivity index (χ2n) is 32.5. The van der Waals surface area contributed by atoms with Gasteiger partial charge in [0.15, 0.2) is 6.10 Å². The lowest BCUT2D eigenvalue weighted by Crippen LogP contribution is -2.81. The molecule has 7 heterocycles. The lowest BCUT2D eigenvalue weighted by atomic mass is 9.47. The Balaban J connectivity index is 0.877. The van der Waals surface area contributed by atoms with Crippen molar-refractivity contribution in [2.24, 2.45) is 28.9 Å². The molecule has 11 rings (SSSR count). The number of aliphatic hydroxyl groups is 6. The fraction of sp³-hybridized carbons (Fsp3) is 0.658. The van der Waals surface area contributed by atoms with Crippen molar-refractivity contribution in [1.82, 2.24) is 51.6 Å². The Bertz CT molecular complexity index is 4110. The van der Waals surface area contributed by atoms with Crippen LogP contribution in [0.3, 0.4) is 0 Å². The van der Waals surface area contributed by atoms with E-state index in [1.807, 2.05) is 62.4 Å². The summed E-state index contributed by atoms with van der Waals surface area (Å²) in [6, 6.07) is -1.62. The number of aliphatic hydroxyl groups excluding tert-OH is 4. The lowest BCUT2D eigenvalue weighted by molar-refractivity contribution is -0.230. The summed E-state index contributed by atoms with van der Waals surface area (Å²) >= 11 is 0. The zero-order valence-electron chi connectivity index (χ0n) is 65.3. The SMILES string of the molecule is CC[C@]1(O)C[C@@H]2CN(CCc3c([nH]c4ccccc34)[C@@](C(=O)OC)(c3cc4c(cc3OC)N(C)C3C45CCN4CC=C[C@](CC)(C45)[C@@H](OC(=O)[C@H](CC(C)C)NC(=O)[C@H](CO)NC(=O)[C@H](CCC(N)=O)NC(=O)[C@@H](NC(=O)[C@H](CO)NC(=O)[C@H](CO)NC(=O)[C@@H]4C[C@@H](O)CN4C(C)=O)C4CCCCC4)[C@]3(O)C(=O)OC)C2)C1. The summed E-state index contributed by atoms with van der Waals surface area (Å²) in [6.07, 6.45) is 4.53. The first-order valence-electron chi connectivity index (χ1n) is 39.2. The van der Waals surface area contributed by atoms with Crippen molar-refractivity contribution in [1.29, 1.82) is 0 Å². The van der Waals surface area contributed by atoms with Crippen LogP contribution in [-0.4, -0.2) is 281 Å². The average Bonchev–Trinajstić information content (AvgIpc) is 1.46. The van der Waals surface area contributed by atoms with Crippen molar-refractivity contribution in [3.8, 4) is 5.75 Å². The predicted octanol–water partition coefficient (Wildman–Crippen LogP) is -1.27. The van der Waals surface area contributed by atoms with Gasteiger partial charge in [-0.1, -0.05) is 77.3 Å². The molecule has 8 amide bonds. The number of anilines is 1. The van der Waals surface area contributed by atoms with Crippen LogP contribution in [0.5, 0.6) is 5.75 Å². The molecule has 33 heteroatoms. The minimum atomic E-state index is -2.75. The quantitative estimate of drug-likeness (QED) is 0.0219. The van der Waals surface area contributed by atoms with Gasteiger partial charge in [-0.15, -0.1) is 0 Å². The number of piperidine rings is 1. The highest BCUT2D eigenvalue weighted by molar-refractivity contribution is 5.99. The van der Waals surface area contributed by atoms with Gasteiger partial charge < -0.3 is 102 Å². The Labute approximate surface area is 650 Å². The Morgan fingerprint density at radius 2 is 1.37 bits per heavy atom. The summed E-state index contributed by atoms with van der Waals surface area (Å²) < 4.78 is 25.0. The number of ether oxygens (including phenoxy) is 4. The number of hydrogen-bond acceptors (Lipinski definition) is 24. The number of rotatable bonds is 29. The number of likely N-dealkylation sites (tertiary alicyclic amines) is 1. The normalized spacial score (nSPS) is 29.5. The summed E-state index contributed by atoms with van der Waals surface area (Å²) in [4.78, 5) is 168. The number of primary amides is 1. The van der Waals surface area contributed by atoms with Crippen molar-refractivity contribution in [3.05, 3.63) is 70.9 Å². The van der Waals surface area contributed by atoms with Gasteiger partial charge in [-0.25, -0.2) is 9.59 Å². The van der Waals surface area contributed by atoms with Crippen LogP contribution >= 0.6 is 0 Å². The number of nitrogens with zero attached hydrogens (tertiary/aromatic N) is 4. The van der Waals surface area contributed by atoms with Gasteiger partial charge in [0.05, 0.1) is 58.9 Å². The molecule has 1 spiro atoms. The van der Waals surface area contributed by atoms with Crippen LogP contribution in [0.2, 0.25) is 0 Å². The van der Waals surface area contributed by atoms with Gasteiger partial charge in [0.2, 0.25) is 52.9 Å². The first kappa shape index (κ1) is 84.1. The van der Waals surface area contributed by atoms with Gasteiger partial charge in [0.25, 0.3) is 0 Å². The number of likely N-dealkylation sites (N-methyl/N-ethyl adjacent to an activating group) is 1. The van der Waals surface area contributed by atoms with Gasteiger partial charge in [-0.2, -0.15) is 0 Å². The minimum absolute atomic E-state index is 0.138. The molecule has 8 aliphatic rings. The molecule has 2 aliphatic carbocycles. The third kappa shape index (κ3) is 15.5. The number of nitrogens with one attached hydrogen (secondary N) is 7. The van der Waals surface area contributed by atoms with Crippen molar-refractivity contribution < 1.29 is 102 Å². The highest BCUT2D eigenvalue weighted by Crippen LogP contribution is 2.68. The van der Waals surface area contributed by atoms with Gasteiger partial charge in [0.1, 0.15) is 53.5 Å². The number of carbonyl (C=O) groups excluding carboxylic acids is 11. The number of hydrogen-bond donors (Lipinski definition) is 14. The minimum Gasteiger partial charge on any atom is -0.496 e. The summed E-state index contributed by atoms with van der Waals surface area (Å²) in [5.74, 6) is -11.5. The Morgan fingerprint density at radius 3 is 1.98 bits per heavy atom. The Morgan fingerprint density at radius 1 is 0.732 bits per heavy atom. The van der Waals surface area contributed by atoms with Crippen LogP contribution in [0.25, 0.3) is 10.9 Å². The van der Waals surface area contributed by atoms with Crippen LogP contribution in [-0.2, 0) is 84.2 Å². The summed E-state index contributed by atoms with van der Waals surface area (Å²) in [5.41, 5.74) is 1.48. The monoisotopic (exact) mass is 1560 g/mol. The van der Waals surface area contributed by atoms with Crippen LogP contribution in [0, 0.1) is 23.2 Å². The third-order valence-corrected chi connectivity index (χ3v) is 25.3. The van der Waals surface area contributed by atoms with Crippen molar-refractivity contribution in [3.63, 3.8) is 0 Å². The fourth-order valence-corrected chi connectivity index (χ4v) is 20.2. The van der Waals surface area contributed by atoms with Crippen molar-refractivity contribution in [2.75, 3.05) is 92.4 Å². The molecule has 3 saturated heterocycles. The van der Waals surface area contributed by atoms with Crippen LogP contribution in [0.15, 0.2) is 48.6 Å². The molecule has 5 fully saturated rings. The number of para-hydroxylation sites is 1. The number of carbonyl (C=O) groups is 11. The molecule has 4 unspecified atom stereocenters. The van der Waals surface area contributed by atoms with E-state index < -0.39 is 198 Å². The standard InChI is InChI=1S/C79H112N12O21/c1-10-75(107)34-44-35-78(73(105)110-8,62-48(24-28-89(36-44)41-75)47-20-15-16-21-51(47)81-62)50-32-49-57(33-59(50)109-7)88(6)71-77(49)26-29-90-27-17-25-76(11-2,70(77)90)72(79(71,108)74(106)111-9)112-69(104)53(30-42(3)4)83-64(99)54(38-92)84-63(98)52(22-23-60(80)97)82-68(103)61(45-18-13-12-14-19-45)87-66(101)56(40-94)85-65(100)55(39-93)86-67(102)58-31-46(96)37-91(58)43(5)95/h15-17,20-21,25,32-33,42,44-46,52-56,58,61,70-72,81,92-94,96,107-108H,10-14,18-19,22-24,26-31,34-41H2,1-9H3,(H2,80,97)(H,82,103)(H,83,99)(H,84,98)(H,85,100)(H,86,102)(H,87,101)/t44-,46+,52-,53-,54-,55-,56-,58-,61-,70?,71?,72+,75-,76+,77?,78-,79-/m0/s1. The Kier molecular flexibility index (Phi) is 25.6. The molecule has 3 aromatic rings. The van der Waals surface area contributed by atoms with Crippen molar-refractivity contribution in [2.45, 2.75) is 220 Å². The molecule has 18 atom stereocenters. The number of aromatic nitrogens is 1. The van der Waals surface area contributed by atoms with Crippen LogP contribution < -0.4 is 47.3 Å². The highest BCUT2D eigenvalue weighted by atomic mass is 16.6. The van der Waals surface area contributed by atoms with Crippen molar-refractivity contribution >= 4 is 81.8 Å². The number of esters is 3. The number of nitrogens with two attached hydrogens (primary N) is 1. The molecular weight excluding hydrogens is 1450 g/mol. The number of methoxy groups -OCH3 is 3. The maximum absolute atomic E-state index is 15.8. The number of amides is 8. The lowest BCUT2D eigenvalue weighted by Gasteiger charge is -2.63. The number of β-amino-alcohol motifs (C(OH)–C–C–N with tert-alkyl or cyclic N) is 1. The van der Waals surface area contributed by atoms with E-state index in [0.29, 0.717) is 112 Å². The molecule has 33 nitrogen and oxygen atoms in total. The summed E-state index contributed by atoms with van der Waals surface area (Å²) in [6.45, 7) is 7.71. The van der Waals surface area contributed by atoms with Gasteiger partial charge in [-0.3, -0.25) is 53.0 Å². The number of H-pyrrole nitrogens is 1. The summed E-state index contributed by atoms with van der Waals surface area (Å²) in [5, 5.41) is 84.1. The Hall–Kier alpha value is -8.83. The van der Waals surface area contributed by atoms with E-state index >= 15 is 14.4 Å². The zero-order chi connectivity index (χ0) is 81.3.